The van der Waals surface area contributed by atoms with Gasteiger partial charge in [-0.25, -0.2) is 12.8 Å². The molecule has 0 amide bonds. The molecule has 0 N–H and O–H groups in total. The molecule has 4 aromatic rings. The summed E-state index contributed by atoms with van der Waals surface area (Å²) >= 11 is 0. The zero-order valence-electron chi connectivity index (χ0n) is 17.4. The fourth-order valence-electron chi connectivity index (χ4n) is 3.89. The van der Waals surface area contributed by atoms with Crippen LogP contribution in [0, 0.1) is 19.7 Å². The lowest BCUT2D eigenvalue weighted by molar-refractivity contribution is 0.377. The number of aromatic nitrogens is 5. The maximum Gasteiger partial charge on any atom is 0.248 e. The first-order valence-corrected chi connectivity index (χ1v) is 11.5. The topological polar surface area (TPSA) is 110 Å². The Morgan fingerprint density at radius 1 is 1.00 bits per heavy atom. The monoisotopic (exact) mass is 457 g/mol. The fourth-order valence-corrected chi connectivity index (χ4v) is 5.60. The molecule has 1 aliphatic heterocycles. The first-order chi connectivity index (χ1) is 15.4. The molecule has 1 aliphatic rings. The Kier molecular flexibility index (Phi) is 4.90. The highest BCUT2D eigenvalue weighted by Crippen LogP contribution is 2.26. The van der Waals surface area contributed by atoms with Gasteiger partial charge in [-0.15, -0.1) is 15.3 Å². The number of fused-ring (bicyclic) bond motifs is 1. The van der Waals surface area contributed by atoms with Gasteiger partial charge in [0, 0.05) is 26.2 Å². The lowest BCUT2D eigenvalue weighted by Crippen LogP contribution is -2.49. The van der Waals surface area contributed by atoms with Gasteiger partial charge >= 0.3 is 0 Å². The number of anilines is 1. The highest BCUT2D eigenvalue weighted by molar-refractivity contribution is 7.89. The third kappa shape index (κ3) is 3.31. The van der Waals surface area contributed by atoms with Crippen molar-refractivity contribution >= 4 is 21.5 Å². The van der Waals surface area contributed by atoms with E-state index in [1.54, 1.807) is 44.2 Å². The van der Waals surface area contributed by atoms with Crippen LogP contribution in [0.25, 0.3) is 17.0 Å². The first kappa shape index (κ1) is 20.5. The SMILES string of the molecule is Cc1noc(C)c1S(=O)(=O)N1CCN(c2ccc3nnc(-c4ccccc4F)n3n2)CC1. The summed E-state index contributed by atoms with van der Waals surface area (Å²) in [5.41, 5.74) is 1.15. The maximum atomic E-state index is 14.3. The third-order valence-corrected chi connectivity index (χ3v) is 7.64. The van der Waals surface area contributed by atoms with Gasteiger partial charge in [0.1, 0.15) is 22.2 Å². The molecule has 5 rings (SSSR count). The number of halogens is 1. The maximum absolute atomic E-state index is 14.3. The molecule has 1 saturated heterocycles. The van der Waals surface area contributed by atoms with Crippen LogP contribution in [0.3, 0.4) is 0 Å². The van der Waals surface area contributed by atoms with E-state index in [9.17, 15) is 12.8 Å². The quantitative estimate of drug-likeness (QED) is 0.458. The number of hydrogen-bond acceptors (Lipinski definition) is 8. The van der Waals surface area contributed by atoms with Crippen LogP contribution in [0.15, 0.2) is 45.8 Å². The van der Waals surface area contributed by atoms with E-state index in [0.29, 0.717) is 41.6 Å². The molecule has 12 heteroatoms. The summed E-state index contributed by atoms with van der Waals surface area (Å²) in [5, 5.41) is 16.5. The molecular formula is C20H20FN7O3S. The number of aryl methyl sites for hydroxylation is 2. The Hall–Kier alpha value is -3.38. The molecule has 4 heterocycles. The standard InChI is InChI=1S/C20H20FN7O3S/c1-13-19(14(2)31-25-13)32(29,30)27-11-9-26(10-12-27)18-8-7-17-22-23-20(28(17)24-18)15-5-3-4-6-16(15)21/h3-8H,9-12H2,1-2H3. The summed E-state index contributed by atoms with van der Waals surface area (Å²) in [5.74, 6) is 0.807. The number of hydrogen-bond donors (Lipinski definition) is 0. The summed E-state index contributed by atoms with van der Waals surface area (Å²) in [4.78, 5) is 2.11. The van der Waals surface area contributed by atoms with E-state index in [0.717, 1.165) is 0 Å². The number of nitrogens with zero attached hydrogens (tertiary/aromatic N) is 7. The number of rotatable bonds is 4. The number of piperazine rings is 1. The number of benzene rings is 1. The van der Waals surface area contributed by atoms with Crippen LogP contribution in [0.4, 0.5) is 10.2 Å². The van der Waals surface area contributed by atoms with Crippen LogP contribution in [-0.4, -0.2) is 63.9 Å². The molecular weight excluding hydrogens is 437 g/mol. The highest BCUT2D eigenvalue weighted by Gasteiger charge is 2.33. The van der Waals surface area contributed by atoms with Gasteiger partial charge in [0.05, 0.1) is 5.56 Å². The van der Waals surface area contributed by atoms with E-state index in [2.05, 4.69) is 20.5 Å². The smallest absolute Gasteiger partial charge is 0.248 e. The Balaban J connectivity index is 1.40. The third-order valence-electron chi connectivity index (χ3n) is 5.49. The van der Waals surface area contributed by atoms with Crippen molar-refractivity contribution in [3.8, 4) is 11.4 Å². The molecule has 1 fully saturated rings. The molecule has 0 spiro atoms. The van der Waals surface area contributed by atoms with Crippen LogP contribution in [0.5, 0.6) is 0 Å². The second-order valence-electron chi connectivity index (χ2n) is 7.51. The van der Waals surface area contributed by atoms with Gasteiger partial charge < -0.3 is 9.42 Å². The van der Waals surface area contributed by atoms with Gasteiger partial charge in [0.15, 0.2) is 17.2 Å². The molecule has 0 saturated carbocycles. The zero-order valence-corrected chi connectivity index (χ0v) is 18.3. The van der Waals surface area contributed by atoms with Crippen molar-refractivity contribution in [1.82, 2.24) is 29.3 Å². The second-order valence-corrected chi connectivity index (χ2v) is 9.38. The second kappa shape index (κ2) is 7.64. The Morgan fingerprint density at radius 2 is 1.75 bits per heavy atom. The van der Waals surface area contributed by atoms with E-state index < -0.39 is 15.8 Å². The minimum atomic E-state index is -3.70. The summed E-state index contributed by atoms with van der Waals surface area (Å²) in [6, 6.07) is 9.87. The zero-order chi connectivity index (χ0) is 22.5. The van der Waals surface area contributed by atoms with Crippen molar-refractivity contribution in [1.29, 1.82) is 0 Å². The van der Waals surface area contributed by atoms with Gasteiger partial charge in [-0.1, -0.05) is 17.3 Å². The molecule has 166 valence electrons. The first-order valence-electron chi connectivity index (χ1n) is 10.0. The summed E-state index contributed by atoms with van der Waals surface area (Å²) < 4.78 is 48.3. The van der Waals surface area contributed by atoms with Crippen molar-refractivity contribution < 1.29 is 17.3 Å². The van der Waals surface area contributed by atoms with Crippen LogP contribution in [-0.2, 0) is 10.0 Å². The Bertz CT molecular complexity index is 1390. The van der Waals surface area contributed by atoms with E-state index in [1.807, 2.05) is 4.90 Å². The van der Waals surface area contributed by atoms with Gasteiger partial charge in [0.2, 0.25) is 10.0 Å². The van der Waals surface area contributed by atoms with Crippen molar-refractivity contribution in [2.45, 2.75) is 18.7 Å². The predicted molar refractivity (Wildman–Crippen MR) is 113 cm³/mol. The molecule has 32 heavy (non-hydrogen) atoms. The van der Waals surface area contributed by atoms with Crippen LogP contribution in [0.1, 0.15) is 11.5 Å². The average Bonchev–Trinajstić information content (AvgIpc) is 3.36. The minimum absolute atomic E-state index is 0.129. The van der Waals surface area contributed by atoms with Gasteiger partial charge in [-0.3, -0.25) is 0 Å². The van der Waals surface area contributed by atoms with Crippen molar-refractivity contribution in [3.05, 3.63) is 53.7 Å². The van der Waals surface area contributed by atoms with Crippen molar-refractivity contribution in [2.24, 2.45) is 0 Å². The van der Waals surface area contributed by atoms with E-state index >= 15 is 0 Å². The van der Waals surface area contributed by atoms with Crippen LogP contribution in [0.2, 0.25) is 0 Å². The summed E-state index contributed by atoms with van der Waals surface area (Å²) in [7, 11) is -3.70. The molecule has 0 aliphatic carbocycles. The lowest BCUT2D eigenvalue weighted by Gasteiger charge is -2.34. The van der Waals surface area contributed by atoms with Crippen LogP contribution < -0.4 is 4.90 Å². The average molecular weight is 457 g/mol. The van der Waals surface area contributed by atoms with Crippen molar-refractivity contribution in [3.63, 3.8) is 0 Å². The van der Waals surface area contributed by atoms with E-state index in [4.69, 9.17) is 4.52 Å². The normalized spacial score (nSPS) is 15.5. The van der Waals surface area contributed by atoms with Gasteiger partial charge in [0.25, 0.3) is 0 Å². The van der Waals surface area contributed by atoms with E-state index in [1.165, 1.54) is 14.9 Å². The largest absolute Gasteiger partial charge is 0.360 e. The molecule has 0 unspecified atom stereocenters. The fraction of sp³-hybridized carbons (Fsp3) is 0.300. The van der Waals surface area contributed by atoms with E-state index in [-0.39, 0.29) is 23.7 Å². The Labute approximate surface area is 183 Å². The summed E-state index contributed by atoms with van der Waals surface area (Å²) in [6.07, 6.45) is 0. The van der Waals surface area contributed by atoms with Gasteiger partial charge in [-0.05, 0) is 38.1 Å². The van der Waals surface area contributed by atoms with Crippen LogP contribution >= 0.6 is 0 Å². The molecule has 0 bridgehead atoms. The number of sulfonamides is 1. The van der Waals surface area contributed by atoms with Gasteiger partial charge in [-0.2, -0.15) is 8.82 Å². The lowest BCUT2D eigenvalue weighted by atomic mass is 10.2. The van der Waals surface area contributed by atoms with Crippen molar-refractivity contribution in [2.75, 3.05) is 31.1 Å². The predicted octanol–water partition coefficient (Wildman–Crippen LogP) is 2.05. The minimum Gasteiger partial charge on any atom is -0.360 e. The highest BCUT2D eigenvalue weighted by atomic mass is 32.2. The molecule has 1 aromatic carbocycles. The molecule has 0 radical (unpaired) electrons. The summed E-state index contributed by atoms with van der Waals surface area (Å²) in [6.45, 7) is 4.67. The molecule has 0 atom stereocenters. The molecule has 10 nitrogen and oxygen atoms in total. The molecule has 3 aromatic heterocycles. The Morgan fingerprint density at radius 3 is 2.44 bits per heavy atom.